The van der Waals surface area contributed by atoms with E-state index < -0.39 is 11.9 Å². The number of aliphatic carboxylic acids is 2. The standard InChI is InChI=1S/C18H27NO2S.C2H2O4/c1-19(10-11-20)9-3-2-4-12-21-13-7-16-5-6-18-17(15-16)8-14-22-18;3-1(4)2(5)6/h5-6,8,14-15,20H,2-4,7,9-13H2,1H3;(H,3,4)(H,5,6). The molecule has 0 saturated carbocycles. The summed E-state index contributed by atoms with van der Waals surface area (Å²) in [5, 5.41) is 27.1. The molecule has 0 saturated heterocycles. The lowest BCUT2D eigenvalue weighted by molar-refractivity contribution is -0.159. The minimum Gasteiger partial charge on any atom is -0.473 e. The number of benzene rings is 1. The van der Waals surface area contributed by atoms with Gasteiger partial charge in [-0.1, -0.05) is 12.1 Å². The average Bonchev–Trinajstić information content (AvgIpc) is 3.12. The number of nitrogens with zero attached hydrogens (tertiary/aromatic N) is 1. The number of ether oxygens (including phenoxy) is 1. The van der Waals surface area contributed by atoms with Crippen molar-refractivity contribution < 1.29 is 29.6 Å². The Balaban J connectivity index is 0.000000568. The molecule has 156 valence electrons. The summed E-state index contributed by atoms with van der Waals surface area (Å²) in [6.07, 6.45) is 4.48. The zero-order valence-electron chi connectivity index (χ0n) is 16.2. The Morgan fingerprint density at radius 2 is 1.79 bits per heavy atom. The van der Waals surface area contributed by atoms with Crippen LogP contribution < -0.4 is 0 Å². The predicted molar refractivity (Wildman–Crippen MR) is 110 cm³/mol. The molecule has 7 nitrogen and oxygen atoms in total. The highest BCUT2D eigenvalue weighted by Gasteiger charge is 2.04. The van der Waals surface area contributed by atoms with Gasteiger partial charge in [0.1, 0.15) is 0 Å². The summed E-state index contributed by atoms with van der Waals surface area (Å²) in [5.74, 6) is -3.65. The van der Waals surface area contributed by atoms with Crippen LogP contribution in [-0.4, -0.2) is 72.1 Å². The molecular formula is C20H29NO6S. The van der Waals surface area contributed by atoms with Gasteiger partial charge in [-0.3, -0.25) is 0 Å². The number of aliphatic hydroxyl groups is 1. The number of carboxylic acids is 2. The first-order valence-corrected chi connectivity index (χ1v) is 10.1. The second-order valence-electron chi connectivity index (χ2n) is 6.35. The van der Waals surface area contributed by atoms with Crippen molar-refractivity contribution in [3.05, 3.63) is 35.2 Å². The minimum atomic E-state index is -1.82. The number of likely N-dealkylation sites (N-methyl/N-ethyl adjacent to an activating group) is 1. The highest BCUT2D eigenvalue weighted by Crippen LogP contribution is 2.21. The fourth-order valence-corrected chi connectivity index (χ4v) is 3.28. The molecule has 0 spiro atoms. The van der Waals surface area contributed by atoms with Gasteiger partial charge < -0.3 is 25.0 Å². The Hall–Kier alpha value is -2.00. The van der Waals surface area contributed by atoms with Crippen LogP contribution in [0.2, 0.25) is 0 Å². The first-order chi connectivity index (χ1) is 13.4. The Morgan fingerprint density at radius 3 is 2.46 bits per heavy atom. The summed E-state index contributed by atoms with van der Waals surface area (Å²) < 4.78 is 7.09. The summed E-state index contributed by atoms with van der Waals surface area (Å²) in [7, 11) is 2.05. The molecular weight excluding hydrogens is 382 g/mol. The number of aliphatic hydroxyl groups excluding tert-OH is 1. The average molecular weight is 412 g/mol. The smallest absolute Gasteiger partial charge is 0.414 e. The molecule has 0 bridgehead atoms. The molecule has 0 fully saturated rings. The molecule has 1 aromatic heterocycles. The SMILES string of the molecule is CN(CCO)CCCCCOCCc1ccc2sccc2c1.O=C(O)C(=O)O. The summed E-state index contributed by atoms with van der Waals surface area (Å²) in [6.45, 7) is 3.73. The largest absolute Gasteiger partial charge is 0.473 e. The van der Waals surface area contributed by atoms with Crippen molar-refractivity contribution in [2.24, 2.45) is 0 Å². The van der Waals surface area contributed by atoms with Crippen molar-refractivity contribution in [2.45, 2.75) is 25.7 Å². The van der Waals surface area contributed by atoms with Crippen molar-refractivity contribution >= 4 is 33.4 Å². The number of carboxylic acid groups (broad SMARTS) is 2. The Labute approximate surface area is 169 Å². The molecule has 3 N–H and O–H groups in total. The van der Waals surface area contributed by atoms with E-state index in [4.69, 9.17) is 29.6 Å². The number of unbranched alkanes of at least 4 members (excludes halogenated alkanes) is 2. The van der Waals surface area contributed by atoms with E-state index >= 15 is 0 Å². The predicted octanol–water partition coefficient (Wildman–Crippen LogP) is 2.71. The second-order valence-corrected chi connectivity index (χ2v) is 7.30. The monoisotopic (exact) mass is 411 g/mol. The third-order valence-corrected chi connectivity index (χ3v) is 4.94. The maximum atomic E-state index is 9.10. The van der Waals surface area contributed by atoms with Gasteiger partial charge in [0.2, 0.25) is 0 Å². The third-order valence-electron chi connectivity index (χ3n) is 4.05. The van der Waals surface area contributed by atoms with Crippen molar-refractivity contribution in [1.29, 1.82) is 0 Å². The van der Waals surface area contributed by atoms with Crippen molar-refractivity contribution in [3.8, 4) is 0 Å². The molecule has 0 aliphatic carbocycles. The Kier molecular flexibility index (Phi) is 12.1. The number of rotatable bonds is 11. The molecule has 0 amide bonds. The van der Waals surface area contributed by atoms with Crippen LogP contribution in [-0.2, 0) is 20.7 Å². The van der Waals surface area contributed by atoms with E-state index in [9.17, 15) is 0 Å². The van der Waals surface area contributed by atoms with Crippen LogP contribution >= 0.6 is 11.3 Å². The van der Waals surface area contributed by atoms with Gasteiger partial charge in [-0.15, -0.1) is 11.3 Å². The number of hydrogen-bond donors (Lipinski definition) is 3. The van der Waals surface area contributed by atoms with E-state index in [1.165, 1.54) is 28.5 Å². The van der Waals surface area contributed by atoms with Crippen molar-refractivity contribution in [3.63, 3.8) is 0 Å². The van der Waals surface area contributed by atoms with Gasteiger partial charge in [-0.05, 0) is 67.7 Å². The fraction of sp³-hybridized carbons (Fsp3) is 0.500. The van der Waals surface area contributed by atoms with E-state index in [0.29, 0.717) is 0 Å². The van der Waals surface area contributed by atoms with Gasteiger partial charge in [0.05, 0.1) is 13.2 Å². The molecule has 8 heteroatoms. The van der Waals surface area contributed by atoms with Crippen molar-refractivity contribution in [2.75, 3.05) is 40.0 Å². The summed E-state index contributed by atoms with van der Waals surface area (Å²) in [4.78, 5) is 20.4. The van der Waals surface area contributed by atoms with Gasteiger partial charge in [0.25, 0.3) is 0 Å². The van der Waals surface area contributed by atoms with Crippen LogP contribution in [0, 0.1) is 0 Å². The highest BCUT2D eigenvalue weighted by molar-refractivity contribution is 7.17. The lowest BCUT2D eigenvalue weighted by Gasteiger charge is -2.14. The first-order valence-electron chi connectivity index (χ1n) is 9.23. The summed E-state index contributed by atoms with van der Waals surface area (Å²) in [5.41, 5.74) is 1.36. The van der Waals surface area contributed by atoms with Crippen LogP contribution in [0.1, 0.15) is 24.8 Å². The van der Waals surface area contributed by atoms with Gasteiger partial charge in [0, 0.05) is 17.9 Å². The van der Waals surface area contributed by atoms with Gasteiger partial charge in [-0.25, -0.2) is 9.59 Å². The highest BCUT2D eigenvalue weighted by atomic mass is 32.1. The van der Waals surface area contributed by atoms with Gasteiger partial charge >= 0.3 is 11.9 Å². The first kappa shape index (κ1) is 24.0. The van der Waals surface area contributed by atoms with E-state index in [0.717, 1.165) is 39.1 Å². The quantitative estimate of drug-likeness (QED) is 0.385. The molecule has 1 heterocycles. The van der Waals surface area contributed by atoms with E-state index in [-0.39, 0.29) is 6.61 Å². The normalized spacial score (nSPS) is 10.7. The lowest BCUT2D eigenvalue weighted by Crippen LogP contribution is -2.23. The minimum absolute atomic E-state index is 0.247. The van der Waals surface area contributed by atoms with E-state index in [1.54, 1.807) is 11.3 Å². The fourth-order valence-electron chi connectivity index (χ4n) is 2.51. The third kappa shape index (κ3) is 10.4. The summed E-state index contributed by atoms with van der Waals surface area (Å²) >= 11 is 1.79. The van der Waals surface area contributed by atoms with Crippen LogP contribution in [0.5, 0.6) is 0 Å². The Bertz CT molecular complexity index is 706. The van der Waals surface area contributed by atoms with Crippen LogP contribution in [0.25, 0.3) is 10.1 Å². The molecule has 28 heavy (non-hydrogen) atoms. The Morgan fingerprint density at radius 1 is 1.04 bits per heavy atom. The summed E-state index contributed by atoms with van der Waals surface area (Å²) in [6, 6.07) is 8.86. The zero-order valence-corrected chi connectivity index (χ0v) is 17.0. The molecule has 0 atom stereocenters. The van der Waals surface area contributed by atoms with Gasteiger partial charge in [-0.2, -0.15) is 0 Å². The molecule has 0 aliphatic heterocycles. The van der Waals surface area contributed by atoms with E-state index in [2.05, 4.69) is 41.6 Å². The lowest BCUT2D eigenvalue weighted by atomic mass is 10.1. The van der Waals surface area contributed by atoms with Crippen LogP contribution in [0.15, 0.2) is 29.6 Å². The second kappa shape index (κ2) is 14.1. The zero-order chi connectivity index (χ0) is 20.8. The van der Waals surface area contributed by atoms with Gasteiger partial charge in [0.15, 0.2) is 0 Å². The van der Waals surface area contributed by atoms with E-state index in [1.807, 2.05) is 0 Å². The number of carbonyl (C=O) groups is 2. The van der Waals surface area contributed by atoms with Crippen LogP contribution in [0.4, 0.5) is 0 Å². The molecule has 1 aromatic carbocycles. The van der Waals surface area contributed by atoms with Crippen LogP contribution in [0.3, 0.4) is 0 Å². The number of thiophene rings is 1. The molecule has 2 aromatic rings. The maximum absolute atomic E-state index is 9.10. The van der Waals surface area contributed by atoms with Crippen molar-refractivity contribution in [1.82, 2.24) is 4.90 Å². The topological polar surface area (TPSA) is 107 Å². The molecule has 0 unspecified atom stereocenters. The molecule has 0 aliphatic rings. The number of fused-ring (bicyclic) bond motifs is 1. The number of hydrogen-bond acceptors (Lipinski definition) is 6. The maximum Gasteiger partial charge on any atom is 0.414 e. The molecule has 0 radical (unpaired) electrons. The molecule has 2 rings (SSSR count).